The van der Waals surface area contributed by atoms with Gasteiger partial charge < -0.3 is 0 Å². The summed E-state index contributed by atoms with van der Waals surface area (Å²) in [6.07, 6.45) is 0. The van der Waals surface area contributed by atoms with Crippen LogP contribution in [0.4, 0.5) is 13.6 Å². The molecule has 4 nitrogen and oxygen atoms in total. The first-order valence-corrected chi connectivity index (χ1v) is 5.30. The molecule has 0 aliphatic heterocycles. The van der Waals surface area contributed by atoms with Gasteiger partial charge in [-0.3, -0.25) is 0 Å². The zero-order chi connectivity index (χ0) is 9.98. The van der Waals surface area contributed by atoms with Gasteiger partial charge in [0.2, 0.25) is 0 Å². The average molecular weight is 213 g/mol. The van der Waals surface area contributed by atoms with Crippen molar-refractivity contribution in [2.24, 2.45) is 0 Å². The van der Waals surface area contributed by atoms with E-state index in [1.54, 1.807) is 0 Å². The van der Waals surface area contributed by atoms with Crippen molar-refractivity contribution in [1.82, 2.24) is 4.90 Å². The van der Waals surface area contributed by atoms with Gasteiger partial charge in [0.1, 0.15) is 0 Å². The fraction of sp³-hybridized carbons (Fsp3) is 1.00. The molecule has 12 heavy (non-hydrogen) atoms. The van der Waals surface area contributed by atoms with Crippen molar-refractivity contribution in [2.75, 3.05) is 14.7 Å². The Morgan fingerprint density at radius 1 is 1.17 bits per heavy atom. The zero-order valence-electron chi connectivity index (χ0n) is 7.09. The molecule has 9 heteroatoms. The molecule has 0 fully saturated rings. The van der Waals surface area contributed by atoms with Crippen molar-refractivity contribution < 1.29 is 28.2 Å². The summed E-state index contributed by atoms with van der Waals surface area (Å²) in [5.41, 5.74) is 0. The fourth-order valence-corrected chi connectivity index (χ4v) is 0.0412. The molecule has 0 saturated heterocycles. The Balaban J connectivity index is 0. The van der Waals surface area contributed by atoms with E-state index in [1.807, 2.05) is 0 Å². The van der Waals surface area contributed by atoms with E-state index in [9.17, 15) is 13.6 Å². The molecule has 0 radical (unpaired) electrons. The van der Waals surface area contributed by atoms with Gasteiger partial charge >= 0.3 is 75.9 Å². The molecular weight excluding hydrogens is 205 g/mol. The van der Waals surface area contributed by atoms with Gasteiger partial charge in [-0.2, -0.15) is 14.6 Å². The predicted molar refractivity (Wildman–Crippen MR) is 36.6 cm³/mol. The topological polar surface area (TPSA) is 30.9 Å². The van der Waals surface area contributed by atoms with E-state index in [1.165, 1.54) is 0.639 Å². The van der Waals surface area contributed by atoms with Gasteiger partial charge in [-0.05, 0) is 0 Å². The molecule has 0 aromatic heterocycles. The molecule has 0 rings (SSSR count). The molecule has 0 N–H and O–H groups in total. The molecule has 68 valence electrons. The Kier molecular flexibility index (Phi) is 16.2. The molecule has 0 aromatic carbocycles. The van der Waals surface area contributed by atoms with Gasteiger partial charge in [-0.15, -0.1) is 0 Å². The molecule has 0 atom stereocenters. The van der Waals surface area contributed by atoms with E-state index >= 15 is 0 Å². The van der Waals surface area contributed by atoms with Gasteiger partial charge in [0, 0.05) is 0 Å². The summed E-state index contributed by atoms with van der Waals surface area (Å²) in [4.78, 5) is 9.27. The third-order valence-corrected chi connectivity index (χ3v) is 2.83. The zero-order valence-corrected chi connectivity index (χ0v) is 10.2. The second-order valence-corrected chi connectivity index (χ2v) is 2.94. The minimum Gasteiger partial charge on any atom is -0.185 e. The van der Waals surface area contributed by atoms with Crippen molar-refractivity contribution in [2.45, 2.75) is 0 Å². The van der Waals surface area contributed by atoms with Crippen LogP contribution in [-0.4, -0.2) is 75.9 Å². The standard InChI is InChI=1S/C3H8N.BF3O3.K/c1-4(2)3;2-5-1(6-3)7-4;/h1H2,2-3H3;;. The van der Waals surface area contributed by atoms with Crippen LogP contribution < -0.4 is 0 Å². The van der Waals surface area contributed by atoms with E-state index in [0.717, 1.165) is 49.0 Å². The Morgan fingerprint density at radius 3 is 1.42 bits per heavy atom. The van der Waals surface area contributed by atoms with E-state index in [-0.39, 0.29) is 0 Å². The third-order valence-electron chi connectivity index (χ3n) is 0.851. The van der Waals surface area contributed by atoms with Crippen LogP contribution in [0.25, 0.3) is 0 Å². The maximum absolute atomic E-state index is 10.4. The van der Waals surface area contributed by atoms with E-state index < -0.39 is 7.32 Å². The Bertz CT molecular complexity index is 83.7. The number of nitrogens with zero attached hydrogens (tertiary/aromatic N) is 1. The van der Waals surface area contributed by atoms with Crippen LogP contribution in [0.15, 0.2) is 0 Å². The monoisotopic (exact) mass is 213 g/mol. The molecule has 0 heterocycles. The Hall–Kier alpha value is 1.33. The Labute approximate surface area is 103 Å². The van der Waals surface area contributed by atoms with Crippen molar-refractivity contribution in [1.29, 1.82) is 0 Å². The van der Waals surface area contributed by atoms with Crippen LogP contribution in [0.3, 0.4) is 0 Å². The second-order valence-electron chi connectivity index (χ2n) is 1.95. The first-order chi connectivity index (χ1) is 5.62. The molecule has 0 saturated carbocycles. The summed E-state index contributed by atoms with van der Waals surface area (Å²) < 4.78 is 32.6. The molecule has 0 unspecified atom stereocenters. The molecular formula is C3H8BF3KNO3. The molecule has 0 aliphatic carbocycles. The SMILES string of the molecule is CN(C)[CH2][K].FOB(OF)OF. The smallest absolute Gasteiger partial charge is 0.185 e. The first-order valence-electron chi connectivity index (χ1n) is 3.09. The van der Waals surface area contributed by atoms with Crippen molar-refractivity contribution >= 4 is 56.3 Å². The normalized spacial score (nSPS) is 9.33. The van der Waals surface area contributed by atoms with Gasteiger partial charge in [-0.25, -0.2) is 0 Å². The molecule has 0 bridgehead atoms. The third kappa shape index (κ3) is 13.9. The van der Waals surface area contributed by atoms with Crippen molar-refractivity contribution in [3.8, 4) is 0 Å². The number of halogens is 3. The summed E-state index contributed by atoms with van der Waals surface area (Å²) in [6.45, 7) is 0. The van der Waals surface area contributed by atoms with Crippen LogP contribution in [0.1, 0.15) is 0 Å². The van der Waals surface area contributed by atoms with Crippen LogP contribution in [-0.2, 0) is 14.6 Å². The summed E-state index contributed by atoms with van der Waals surface area (Å²) in [6, 6.07) is 0. The van der Waals surface area contributed by atoms with Gasteiger partial charge in [0.05, 0.1) is 0 Å². The maximum atomic E-state index is 10.4. The van der Waals surface area contributed by atoms with E-state index in [2.05, 4.69) is 33.6 Å². The quantitative estimate of drug-likeness (QED) is 0.630. The first kappa shape index (κ1) is 15.8. The molecule has 0 amide bonds. The van der Waals surface area contributed by atoms with Crippen molar-refractivity contribution in [3.63, 3.8) is 0 Å². The summed E-state index contributed by atoms with van der Waals surface area (Å²) in [5.74, 6) is 0. The second kappa shape index (κ2) is 12.3. The minimum atomic E-state index is -2.51. The summed E-state index contributed by atoms with van der Waals surface area (Å²) in [5, 5.41) is 0. The van der Waals surface area contributed by atoms with Crippen LogP contribution in [0, 0.1) is 0 Å². The molecule has 0 aromatic rings. The predicted octanol–water partition coefficient (Wildman–Crippen LogP) is 0.349. The number of rotatable bonds is 4. The number of hydrogen-bond acceptors (Lipinski definition) is 4. The van der Waals surface area contributed by atoms with Gasteiger partial charge in [-0.1, -0.05) is 13.6 Å². The van der Waals surface area contributed by atoms with Crippen molar-refractivity contribution in [3.05, 3.63) is 0 Å². The summed E-state index contributed by atoms with van der Waals surface area (Å²) in [7, 11) is 1.69. The average Bonchev–Trinajstić information content (AvgIpc) is 2.09. The summed E-state index contributed by atoms with van der Waals surface area (Å²) >= 11 is 1.01. The van der Waals surface area contributed by atoms with Crippen LogP contribution in [0.2, 0.25) is 0 Å². The van der Waals surface area contributed by atoms with Crippen LogP contribution >= 0.6 is 0 Å². The maximum Gasteiger partial charge on any atom is 0.737 e. The van der Waals surface area contributed by atoms with Gasteiger partial charge in [0.15, 0.2) is 0 Å². The van der Waals surface area contributed by atoms with E-state index in [4.69, 9.17) is 0 Å². The largest absolute Gasteiger partial charge is 0.737 e. The molecule has 0 aliphatic rings. The van der Waals surface area contributed by atoms with Crippen LogP contribution in [0.5, 0.6) is 0 Å². The van der Waals surface area contributed by atoms with Gasteiger partial charge in [0.25, 0.3) is 0 Å². The van der Waals surface area contributed by atoms with E-state index in [0.29, 0.717) is 0 Å². The Morgan fingerprint density at radius 2 is 1.42 bits per heavy atom. The minimum absolute atomic E-state index is 1.01. The number of hydrogen-bond donors (Lipinski definition) is 0. The fourth-order valence-electron chi connectivity index (χ4n) is 0.0412. The molecule has 0 spiro atoms.